The van der Waals surface area contributed by atoms with Gasteiger partial charge in [0.15, 0.2) is 0 Å². The van der Waals surface area contributed by atoms with Gasteiger partial charge >= 0.3 is 12.1 Å². The minimum Gasteiger partial charge on any atom is -0.464 e. The van der Waals surface area contributed by atoms with Crippen molar-refractivity contribution in [2.75, 3.05) is 13.1 Å². The van der Waals surface area contributed by atoms with E-state index in [4.69, 9.17) is 13.9 Å². The fraction of sp³-hybridized carbons (Fsp3) is 0.621. The highest BCUT2D eigenvalue weighted by Gasteiger charge is 2.59. The van der Waals surface area contributed by atoms with E-state index in [0.717, 1.165) is 29.4 Å². The van der Waals surface area contributed by atoms with E-state index in [1.54, 1.807) is 6.26 Å². The Kier molecular flexibility index (Phi) is 7.32. The van der Waals surface area contributed by atoms with E-state index in [0.29, 0.717) is 32.4 Å². The number of furan rings is 1. The molecule has 1 fully saturated rings. The van der Waals surface area contributed by atoms with Gasteiger partial charge in [-0.25, -0.2) is 4.79 Å². The van der Waals surface area contributed by atoms with E-state index < -0.39 is 23.2 Å². The highest BCUT2D eigenvalue weighted by Crippen LogP contribution is 2.58. The summed E-state index contributed by atoms with van der Waals surface area (Å²) < 4.78 is 16.9. The van der Waals surface area contributed by atoms with E-state index in [1.807, 2.05) is 33.8 Å². The van der Waals surface area contributed by atoms with Crippen LogP contribution in [0.2, 0.25) is 0 Å². The van der Waals surface area contributed by atoms with E-state index in [-0.39, 0.29) is 23.2 Å². The number of ether oxygens (including phenoxy) is 2. The normalized spacial score (nSPS) is 27.1. The maximum Gasteiger partial charge on any atom is 0.407 e. The molecule has 8 nitrogen and oxygen atoms in total. The first-order valence-corrected chi connectivity index (χ1v) is 13.3. The molecule has 4 rings (SSSR count). The van der Waals surface area contributed by atoms with Crippen LogP contribution in [0.25, 0.3) is 11.0 Å². The molecule has 0 saturated heterocycles. The number of rotatable bonds is 6. The molecule has 202 valence electrons. The Bertz CT molecular complexity index is 1180. The summed E-state index contributed by atoms with van der Waals surface area (Å²) in [6, 6.07) is 6.20. The predicted octanol–water partition coefficient (Wildman–Crippen LogP) is 5.02. The molecule has 0 unspecified atom stereocenters. The largest absolute Gasteiger partial charge is 0.464 e. The van der Waals surface area contributed by atoms with Gasteiger partial charge in [-0.1, -0.05) is 20.3 Å². The highest BCUT2D eigenvalue weighted by molar-refractivity contribution is 5.84. The minimum absolute atomic E-state index is 0.0413. The van der Waals surface area contributed by atoms with Crippen molar-refractivity contribution in [2.45, 2.75) is 90.8 Å². The van der Waals surface area contributed by atoms with Gasteiger partial charge in [0.1, 0.15) is 17.3 Å². The number of nitrogens with one attached hydrogen (secondary N) is 2. The standard InChI is InChI=1S/C29H40N2O6/c1-18(32)36-23-16-20-15-19-9-14-35-22(19)17-21(20)28(5)10-7-11-29(6,24(23)28)25(33)30-12-8-13-31-26(34)37-27(2,3)4/h9,14-15,17,23-24H,7-8,10-13,16H2,1-6H3,(H,30,33)(H,31,34)/t23-,24-,28-,29-/m1/s1. The van der Waals surface area contributed by atoms with Crippen LogP contribution in [0, 0.1) is 11.3 Å². The molecule has 37 heavy (non-hydrogen) atoms. The molecule has 4 atom stereocenters. The Morgan fingerprint density at radius 1 is 1.11 bits per heavy atom. The number of amides is 2. The zero-order valence-corrected chi connectivity index (χ0v) is 22.9. The number of hydrogen-bond donors (Lipinski definition) is 2. The molecule has 8 heteroatoms. The summed E-state index contributed by atoms with van der Waals surface area (Å²) in [5, 5.41) is 6.85. The molecule has 1 saturated carbocycles. The Labute approximate surface area is 218 Å². The van der Waals surface area contributed by atoms with Crippen molar-refractivity contribution in [2.24, 2.45) is 11.3 Å². The molecular weight excluding hydrogens is 472 g/mol. The van der Waals surface area contributed by atoms with Crippen molar-refractivity contribution in [1.82, 2.24) is 10.6 Å². The smallest absolute Gasteiger partial charge is 0.407 e. The first-order chi connectivity index (χ1) is 17.3. The summed E-state index contributed by atoms with van der Waals surface area (Å²) in [4.78, 5) is 37.8. The average molecular weight is 513 g/mol. The lowest BCUT2D eigenvalue weighted by Gasteiger charge is -2.56. The zero-order chi connectivity index (χ0) is 27.0. The fourth-order valence-corrected chi connectivity index (χ4v) is 6.63. The third kappa shape index (κ3) is 5.48. The monoisotopic (exact) mass is 512 g/mol. The van der Waals surface area contributed by atoms with Crippen molar-refractivity contribution >= 4 is 28.9 Å². The van der Waals surface area contributed by atoms with Crippen LogP contribution >= 0.6 is 0 Å². The molecule has 2 aliphatic carbocycles. The average Bonchev–Trinajstić information content (AvgIpc) is 3.23. The topological polar surface area (TPSA) is 107 Å². The van der Waals surface area contributed by atoms with E-state index in [1.165, 1.54) is 12.5 Å². The molecule has 0 bridgehead atoms. The van der Waals surface area contributed by atoms with Crippen molar-refractivity contribution in [3.63, 3.8) is 0 Å². The lowest BCUT2D eigenvalue weighted by molar-refractivity contribution is -0.165. The molecule has 1 heterocycles. The maximum absolute atomic E-state index is 13.7. The van der Waals surface area contributed by atoms with Gasteiger partial charge in [-0.15, -0.1) is 0 Å². The lowest BCUT2D eigenvalue weighted by Crippen LogP contribution is -2.60. The van der Waals surface area contributed by atoms with Crippen molar-refractivity contribution in [3.05, 3.63) is 35.6 Å². The second-order valence-corrected chi connectivity index (χ2v) is 12.0. The third-order valence-corrected chi connectivity index (χ3v) is 7.99. The maximum atomic E-state index is 13.7. The first kappa shape index (κ1) is 27.0. The first-order valence-electron chi connectivity index (χ1n) is 13.3. The van der Waals surface area contributed by atoms with E-state index in [9.17, 15) is 14.4 Å². The van der Waals surface area contributed by atoms with Crippen molar-refractivity contribution in [1.29, 1.82) is 0 Å². The number of carbonyl (C=O) groups is 3. The van der Waals surface area contributed by atoms with Gasteiger partial charge in [0.2, 0.25) is 5.91 Å². The van der Waals surface area contributed by atoms with Crippen LogP contribution in [-0.2, 0) is 30.9 Å². The van der Waals surface area contributed by atoms with Gasteiger partial charge in [0.25, 0.3) is 0 Å². The summed E-state index contributed by atoms with van der Waals surface area (Å²) in [5.41, 5.74) is 1.54. The van der Waals surface area contributed by atoms with Crippen LogP contribution in [0.1, 0.15) is 78.4 Å². The van der Waals surface area contributed by atoms with Crippen LogP contribution < -0.4 is 10.6 Å². The molecule has 2 aromatic rings. The Morgan fingerprint density at radius 2 is 1.84 bits per heavy atom. The van der Waals surface area contributed by atoms with Gasteiger partial charge < -0.3 is 24.5 Å². The van der Waals surface area contributed by atoms with Gasteiger partial charge in [-0.3, -0.25) is 9.59 Å². The predicted molar refractivity (Wildman–Crippen MR) is 140 cm³/mol. The SMILES string of the molecule is CC(=O)O[C@@H]1Cc2cc3ccoc3cc2[C@@]2(C)CCC[C@@](C)(C(=O)NCCCNC(=O)OC(C)(C)C)[C@H]12. The molecule has 0 spiro atoms. The Hall–Kier alpha value is -3.03. The molecule has 0 radical (unpaired) electrons. The third-order valence-electron chi connectivity index (χ3n) is 7.99. The van der Waals surface area contributed by atoms with Crippen molar-refractivity contribution < 1.29 is 28.3 Å². The second-order valence-electron chi connectivity index (χ2n) is 12.0. The summed E-state index contributed by atoms with van der Waals surface area (Å²) in [5.74, 6) is -0.556. The summed E-state index contributed by atoms with van der Waals surface area (Å²) in [7, 11) is 0. The number of fused-ring (bicyclic) bond motifs is 4. The van der Waals surface area contributed by atoms with Crippen LogP contribution in [0.3, 0.4) is 0 Å². The quantitative estimate of drug-likeness (QED) is 0.416. The van der Waals surface area contributed by atoms with Crippen LogP contribution in [0.15, 0.2) is 28.9 Å². The Balaban J connectivity index is 1.52. The number of alkyl carbamates (subject to hydrolysis) is 1. The van der Waals surface area contributed by atoms with E-state index >= 15 is 0 Å². The zero-order valence-electron chi connectivity index (χ0n) is 22.9. The summed E-state index contributed by atoms with van der Waals surface area (Å²) in [6.45, 7) is 11.9. The van der Waals surface area contributed by atoms with Gasteiger partial charge in [-0.05, 0) is 69.4 Å². The van der Waals surface area contributed by atoms with Crippen molar-refractivity contribution in [3.8, 4) is 0 Å². The fourth-order valence-electron chi connectivity index (χ4n) is 6.63. The lowest BCUT2D eigenvalue weighted by atomic mass is 9.48. The van der Waals surface area contributed by atoms with Crippen LogP contribution in [0.4, 0.5) is 4.79 Å². The molecule has 1 aromatic carbocycles. The minimum atomic E-state index is -0.721. The van der Waals surface area contributed by atoms with Crippen LogP contribution in [-0.4, -0.2) is 42.8 Å². The number of hydrogen-bond acceptors (Lipinski definition) is 6. The Morgan fingerprint density at radius 3 is 2.54 bits per heavy atom. The van der Waals surface area contributed by atoms with Crippen LogP contribution in [0.5, 0.6) is 0 Å². The number of carbonyl (C=O) groups excluding carboxylic acids is 3. The molecule has 1 aromatic heterocycles. The molecule has 2 amide bonds. The summed E-state index contributed by atoms with van der Waals surface area (Å²) in [6.07, 6.45) is 4.47. The second kappa shape index (κ2) is 10.0. The molecule has 2 aliphatic rings. The van der Waals surface area contributed by atoms with Gasteiger partial charge in [0, 0.05) is 43.2 Å². The van der Waals surface area contributed by atoms with Gasteiger partial charge in [-0.2, -0.15) is 0 Å². The molecule has 2 N–H and O–H groups in total. The summed E-state index contributed by atoms with van der Waals surface area (Å²) >= 11 is 0. The molecule has 0 aliphatic heterocycles. The van der Waals surface area contributed by atoms with Gasteiger partial charge in [0.05, 0.1) is 11.7 Å². The number of benzene rings is 1. The highest BCUT2D eigenvalue weighted by atomic mass is 16.6. The van der Waals surface area contributed by atoms with E-state index in [2.05, 4.69) is 29.7 Å². The molecular formula is C29H40N2O6. The number of esters is 1.